The van der Waals surface area contributed by atoms with Crippen molar-refractivity contribution in [1.82, 2.24) is 15.0 Å². The first kappa shape index (κ1) is 20.4. The van der Waals surface area contributed by atoms with E-state index in [0.717, 1.165) is 22.0 Å². The zero-order valence-electron chi connectivity index (χ0n) is 15.5. The Morgan fingerprint density at radius 1 is 1.10 bits per heavy atom. The lowest BCUT2D eigenvalue weighted by Crippen LogP contribution is -2.18. The number of nitrogens with one attached hydrogen (secondary N) is 1. The highest BCUT2D eigenvalue weighted by Crippen LogP contribution is 2.25. The largest absolute Gasteiger partial charge is 0.342 e. The summed E-state index contributed by atoms with van der Waals surface area (Å²) < 4.78 is 2.08. The summed E-state index contributed by atoms with van der Waals surface area (Å²) in [5.74, 6) is -0.430. The van der Waals surface area contributed by atoms with E-state index >= 15 is 0 Å². The topological polar surface area (TPSA) is 59.3 Å². The third-order valence-electron chi connectivity index (χ3n) is 4.55. The van der Waals surface area contributed by atoms with E-state index in [1.807, 2.05) is 42.6 Å². The first-order valence-electron chi connectivity index (χ1n) is 8.98. The fraction of sp³-hybridized carbons (Fsp3) is 0.0455. The standard InChI is InChI=1S/C22H15Cl3N4O/c23-16-8-7-14(19(24)10-16)12-29-13-15(17-4-1-2-6-20(17)29)11-27-28-22(30)18-5-3-9-26-21(18)25/h1-11,13H,12H2,(H,28,30). The molecule has 4 rings (SSSR count). The first-order valence-corrected chi connectivity index (χ1v) is 10.1. The minimum atomic E-state index is -0.430. The number of pyridine rings is 1. The van der Waals surface area contributed by atoms with Crippen molar-refractivity contribution in [2.24, 2.45) is 5.10 Å². The number of hydrogen-bond donors (Lipinski definition) is 1. The average molecular weight is 458 g/mol. The number of hydrazone groups is 1. The van der Waals surface area contributed by atoms with Crippen LogP contribution in [0.4, 0.5) is 0 Å². The molecule has 0 saturated carbocycles. The summed E-state index contributed by atoms with van der Waals surface area (Å²) in [7, 11) is 0. The van der Waals surface area contributed by atoms with Crippen molar-refractivity contribution in [1.29, 1.82) is 0 Å². The van der Waals surface area contributed by atoms with Crippen molar-refractivity contribution in [2.75, 3.05) is 0 Å². The Balaban J connectivity index is 1.60. The van der Waals surface area contributed by atoms with Crippen LogP contribution in [-0.2, 0) is 6.54 Å². The SMILES string of the molecule is O=C(NN=Cc1cn(Cc2ccc(Cl)cc2Cl)c2ccccc12)c1cccnc1Cl. The Hall–Kier alpha value is -2.86. The van der Waals surface area contributed by atoms with Gasteiger partial charge in [0.15, 0.2) is 0 Å². The molecule has 0 saturated heterocycles. The molecule has 0 spiro atoms. The van der Waals surface area contributed by atoms with E-state index < -0.39 is 5.91 Å². The van der Waals surface area contributed by atoms with Crippen LogP contribution < -0.4 is 5.43 Å². The van der Waals surface area contributed by atoms with Gasteiger partial charge >= 0.3 is 0 Å². The molecule has 0 unspecified atom stereocenters. The van der Waals surface area contributed by atoms with Crippen molar-refractivity contribution in [3.05, 3.63) is 98.9 Å². The van der Waals surface area contributed by atoms with Crippen molar-refractivity contribution < 1.29 is 4.79 Å². The van der Waals surface area contributed by atoms with Crippen LogP contribution in [0.3, 0.4) is 0 Å². The van der Waals surface area contributed by atoms with E-state index in [-0.39, 0.29) is 10.7 Å². The lowest BCUT2D eigenvalue weighted by Gasteiger charge is -2.08. The van der Waals surface area contributed by atoms with E-state index in [4.69, 9.17) is 34.8 Å². The number of para-hydroxylation sites is 1. The summed E-state index contributed by atoms with van der Waals surface area (Å²) in [6, 6.07) is 16.6. The zero-order chi connectivity index (χ0) is 21.1. The maximum Gasteiger partial charge on any atom is 0.274 e. The molecule has 2 aromatic carbocycles. The molecule has 30 heavy (non-hydrogen) atoms. The molecular weight excluding hydrogens is 443 g/mol. The fourth-order valence-electron chi connectivity index (χ4n) is 3.12. The van der Waals surface area contributed by atoms with Crippen LogP contribution in [0.25, 0.3) is 10.9 Å². The number of nitrogens with zero attached hydrogens (tertiary/aromatic N) is 3. The molecule has 0 aliphatic heterocycles. The minimum absolute atomic E-state index is 0.127. The molecule has 2 aromatic heterocycles. The highest BCUT2D eigenvalue weighted by molar-refractivity contribution is 6.35. The normalized spacial score (nSPS) is 11.3. The van der Waals surface area contributed by atoms with E-state index in [2.05, 4.69) is 20.1 Å². The summed E-state index contributed by atoms with van der Waals surface area (Å²) in [5, 5.41) is 6.42. The number of aromatic nitrogens is 2. The molecule has 1 N–H and O–H groups in total. The molecule has 150 valence electrons. The fourth-order valence-corrected chi connectivity index (χ4v) is 3.79. The quantitative estimate of drug-likeness (QED) is 0.234. The molecule has 0 fully saturated rings. The Labute approximate surface area is 187 Å². The minimum Gasteiger partial charge on any atom is -0.342 e. The Morgan fingerprint density at radius 2 is 1.93 bits per heavy atom. The Morgan fingerprint density at radius 3 is 2.73 bits per heavy atom. The van der Waals surface area contributed by atoms with E-state index in [0.29, 0.717) is 16.6 Å². The van der Waals surface area contributed by atoms with E-state index in [9.17, 15) is 4.79 Å². The molecular formula is C22H15Cl3N4O. The highest BCUT2D eigenvalue weighted by atomic mass is 35.5. The number of benzene rings is 2. The summed E-state index contributed by atoms with van der Waals surface area (Å²) >= 11 is 18.3. The monoisotopic (exact) mass is 456 g/mol. The van der Waals surface area contributed by atoms with Crippen LogP contribution >= 0.6 is 34.8 Å². The smallest absolute Gasteiger partial charge is 0.274 e. The van der Waals surface area contributed by atoms with Gasteiger partial charge < -0.3 is 4.57 Å². The number of carbonyl (C=O) groups excluding carboxylic acids is 1. The van der Waals surface area contributed by atoms with Gasteiger partial charge in [-0.25, -0.2) is 10.4 Å². The second kappa shape index (κ2) is 8.88. The maximum atomic E-state index is 12.3. The Kier molecular flexibility index (Phi) is 6.04. The molecule has 0 bridgehead atoms. The molecule has 4 aromatic rings. The lowest BCUT2D eigenvalue weighted by molar-refractivity contribution is 0.0955. The number of halogens is 3. The predicted octanol–water partition coefficient (Wildman–Crippen LogP) is 5.81. The van der Waals surface area contributed by atoms with E-state index in [1.165, 1.54) is 6.20 Å². The van der Waals surface area contributed by atoms with Gasteiger partial charge in [-0.15, -0.1) is 0 Å². The van der Waals surface area contributed by atoms with Crippen molar-refractivity contribution in [3.63, 3.8) is 0 Å². The van der Waals surface area contributed by atoms with Crippen LogP contribution in [0.5, 0.6) is 0 Å². The summed E-state index contributed by atoms with van der Waals surface area (Å²) in [5.41, 5.74) is 5.57. The number of fused-ring (bicyclic) bond motifs is 1. The number of rotatable bonds is 5. The van der Waals surface area contributed by atoms with Crippen molar-refractivity contribution >= 4 is 57.8 Å². The molecule has 0 atom stereocenters. The maximum absolute atomic E-state index is 12.3. The molecule has 8 heteroatoms. The summed E-state index contributed by atoms with van der Waals surface area (Å²) in [4.78, 5) is 16.1. The second-order valence-corrected chi connectivity index (χ2v) is 7.71. The van der Waals surface area contributed by atoms with Gasteiger partial charge in [0.25, 0.3) is 5.91 Å². The molecule has 2 heterocycles. The van der Waals surface area contributed by atoms with Crippen LogP contribution in [0, 0.1) is 0 Å². The van der Waals surface area contributed by atoms with Gasteiger partial charge in [0.1, 0.15) is 5.15 Å². The summed E-state index contributed by atoms with van der Waals surface area (Å²) in [6.07, 6.45) is 5.08. The van der Waals surface area contributed by atoms with Crippen molar-refractivity contribution in [3.8, 4) is 0 Å². The van der Waals surface area contributed by atoms with Gasteiger partial charge in [-0.3, -0.25) is 4.79 Å². The third kappa shape index (κ3) is 4.33. The highest BCUT2D eigenvalue weighted by Gasteiger charge is 2.11. The lowest BCUT2D eigenvalue weighted by atomic mass is 10.2. The van der Waals surface area contributed by atoms with Gasteiger partial charge in [0.05, 0.1) is 11.8 Å². The van der Waals surface area contributed by atoms with Crippen LogP contribution in [0.15, 0.2) is 72.1 Å². The summed E-state index contributed by atoms with van der Waals surface area (Å²) in [6.45, 7) is 0.571. The van der Waals surface area contributed by atoms with Gasteiger partial charge in [-0.05, 0) is 35.9 Å². The Bertz CT molecular complexity index is 1270. The van der Waals surface area contributed by atoms with Gasteiger partial charge in [0.2, 0.25) is 0 Å². The predicted molar refractivity (Wildman–Crippen MR) is 122 cm³/mol. The number of hydrogen-bond acceptors (Lipinski definition) is 3. The van der Waals surface area contributed by atoms with Crippen LogP contribution in [0.1, 0.15) is 21.5 Å². The van der Waals surface area contributed by atoms with Gasteiger partial charge in [-0.2, -0.15) is 5.10 Å². The molecule has 0 aliphatic carbocycles. The molecule has 0 radical (unpaired) electrons. The van der Waals surface area contributed by atoms with E-state index in [1.54, 1.807) is 24.4 Å². The number of amides is 1. The van der Waals surface area contributed by atoms with Gasteiger partial charge in [0, 0.05) is 45.5 Å². The third-order valence-corrected chi connectivity index (χ3v) is 5.44. The van der Waals surface area contributed by atoms with Crippen LogP contribution in [-0.4, -0.2) is 21.7 Å². The van der Waals surface area contributed by atoms with Crippen LogP contribution in [0.2, 0.25) is 15.2 Å². The number of carbonyl (C=O) groups is 1. The second-order valence-electron chi connectivity index (χ2n) is 6.51. The van der Waals surface area contributed by atoms with Crippen molar-refractivity contribution in [2.45, 2.75) is 6.54 Å². The average Bonchev–Trinajstić information content (AvgIpc) is 3.08. The first-order chi connectivity index (χ1) is 14.5. The zero-order valence-corrected chi connectivity index (χ0v) is 17.8. The molecule has 1 amide bonds. The van der Waals surface area contributed by atoms with Gasteiger partial charge in [-0.1, -0.05) is 59.1 Å². The molecule has 0 aliphatic rings. The molecule has 5 nitrogen and oxygen atoms in total.